The fourth-order valence-electron chi connectivity index (χ4n) is 2.19. The van der Waals surface area contributed by atoms with E-state index in [1.54, 1.807) is 6.20 Å². The Morgan fingerprint density at radius 2 is 1.81 bits per heavy atom. The van der Waals surface area contributed by atoms with Crippen LogP contribution in [0.3, 0.4) is 0 Å². The molecule has 0 saturated carbocycles. The van der Waals surface area contributed by atoms with Crippen molar-refractivity contribution in [3.05, 3.63) is 59.9 Å². The minimum Gasteiger partial charge on any atom is -0.351 e. The molecule has 0 saturated heterocycles. The average Bonchev–Trinajstić information content (AvgIpc) is 2.48. The zero-order chi connectivity index (χ0) is 15.2. The van der Waals surface area contributed by atoms with Gasteiger partial charge in [0, 0.05) is 24.0 Å². The lowest BCUT2D eigenvalue weighted by Crippen LogP contribution is -2.23. The molecule has 1 heterocycles. The predicted octanol–water partition coefficient (Wildman–Crippen LogP) is 2.98. The number of hydrogen-bond acceptors (Lipinski definition) is 3. The summed E-state index contributed by atoms with van der Waals surface area (Å²) in [4.78, 5) is 15.1. The lowest BCUT2D eigenvalue weighted by molar-refractivity contribution is 0.259. The van der Waals surface area contributed by atoms with E-state index in [0.717, 1.165) is 11.3 Å². The first-order chi connectivity index (χ1) is 10.1. The number of hydrogen-bond donors (Lipinski definition) is 3. The Morgan fingerprint density at radius 1 is 1.10 bits per heavy atom. The minimum absolute atomic E-state index is 0.157. The van der Waals surface area contributed by atoms with E-state index in [1.807, 2.05) is 42.5 Å². The van der Waals surface area contributed by atoms with E-state index in [0.29, 0.717) is 5.69 Å². The van der Waals surface area contributed by atoms with E-state index in [2.05, 4.69) is 29.5 Å². The van der Waals surface area contributed by atoms with Crippen LogP contribution in [0, 0.1) is 0 Å². The number of benzene rings is 1. The van der Waals surface area contributed by atoms with Gasteiger partial charge in [-0.1, -0.05) is 18.2 Å². The molecule has 5 nitrogen and oxygen atoms in total. The van der Waals surface area contributed by atoms with Crippen molar-refractivity contribution >= 4 is 11.7 Å². The van der Waals surface area contributed by atoms with Crippen LogP contribution in [0.4, 0.5) is 10.5 Å². The van der Waals surface area contributed by atoms with Crippen molar-refractivity contribution in [2.45, 2.75) is 25.9 Å². The van der Waals surface area contributed by atoms with Gasteiger partial charge >= 0.3 is 6.03 Å². The Morgan fingerprint density at radius 3 is 2.38 bits per heavy atom. The van der Waals surface area contributed by atoms with Gasteiger partial charge in [0.1, 0.15) is 0 Å². The van der Waals surface area contributed by atoms with Gasteiger partial charge in [0.25, 0.3) is 0 Å². The molecule has 2 amide bonds. The van der Waals surface area contributed by atoms with Gasteiger partial charge in [0.05, 0.1) is 5.69 Å². The molecule has 2 rings (SSSR count). The van der Waals surface area contributed by atoms with Gasteiger partial charge in [-0.3, -0.25) is 4.98 Å². The summed E-state index contributed by atoms with van der Waals surface area (Å²) in [5.41, 5.74) is 7.92. The van der Waals surface area contributed by atoms with E-state index < -0.39 is 6.03 Å². The number of primary amides is 1. The standard InChI is InChI=1S/C16H20N4O/c1-11(19-12(2)15-5-3-4-10-18-15)13-6-8-14(9-7-13)20-16(17)21/h3-12,19H,1-2H3,(H3,17,20,21)/t11?,12-/m0/s1. The molecular weight excluding hydrogens is 264 g/mol. The van der Waals surface area contributed by atoms with Crippen LogP contribution in [0.25, 0.3) is 0 Å². The molecule has 0 bridgehead atoms. The number of pyridine rings is 1. The highest BCUT2D eigenvalue weighted by Crippen LogP contribution is 2.19. The number of nitrogens with two attached hydrogens (primary N) is 1. The highest BCUT2D eigenvalue weighted by atomic mass is 16.2. The number of urea groups is 1. The molecule has 110 valence electrons. The van der Waals surface area contributed by atoms with Crippen LogP contribution in [0.5, 0.6) is 0 Å². The molecule has 1 unspecified atom stereocenters. The normalized spacial score (nSPS) is 13.4. The van der Waals surface area contributed by atoms with Gasteiger partial charge in [0.15, 0.2) is 0 Å². The van der Waals surface area contributed by atoms with Gasteiger partial charge in [0.2, 0.25) is 0 Å². The SMILES string of the molecule is CC(N[C@@H](C)c1ccccn1)c1ccc(NC(N)=O)cc1. The van der Waals surface area contributed by atoms with Crippen LogP contribution in [0.1, 0.15) is 37.2 Å². The molecule has 1 aromatic heterocycles. The van der Waals surface area contributed by atoms with E-state index >= 15 is 0 Å². The number of carbonyl (C=O) groups excluding carboxylic acids is 1. The maximum atomic E-state index is 10.8. The highest BCUT2D eigenvalue weighted by Gasteiger charge is 2.11. The van der Waals surface area contributed by atoms with Gasteiger partial charge in [-0.05, 0) is 43.7 Å². The highest BCUT2D eigenvalue weighted by molar-refractivity contribution is 5.87. The molecular formula is C16H20N4O. The second kappa shape index (κ2) is 6.85. The zero-order valence-corrected chi connectivity index (χ0v) is 12.2. The quantitative estimate of drug-likeness (QED) is 0.789. The molecule has 0 fully saturated rings. The number of nitrogens with zero attached hydrogens (tertiary/aromatic N) is 1. The van der Waals surface area contributed by atoms with E-state index in [-0.39, 0.29) is 12.1 Å². The molecule has 0 aliphatic heterocycles. The van der Waals surface area contributed by atoms with Crippen molar-refractivity contribution < 1.29 is 4.79 Å². The first-order valence-corrected chi connectivity index (χ1v) is 6.89. The largest absolute Gasteiger partial charge is 0.351 e. The van der Waals surface area contributed by atoms with Crippen molar-refractivity contribution in [2.24, 2.45) is 5.73 Å². The van der Waals surface area contributed by atoms with Crippen molar-refractivity contribution in [1.82, 2.24) is 10.3 Å². The third-order valence-corrected chi connectivity index (χ3v) is 3.31. The Hall–Kier alpha value is -2.40. The summed E-state index contributed by atoms with van der Waals surface area (Å²) in [6, 6.07) is 13.3. The molecule has 0 aliphatic rings. The molecule has 2 aromatic rings. The summed E-state index contributed by atoms with van der Waals surface area (Å²) >= 11 is 0. The second-order valence-electron chi connectivity index (χ2n) is 4.98. The minimum atomic E-state index is -0.558. The van der Waals surface area contributed by atoms with Gasteiger partial charge in [-0.25, -0.2) is 4.79 Å². The Balaban J connectivity index is 2.00. The van der Waals surface area contributed by atoms with Crippen LogP contribution in [0.2, 0.25) is 0 Å². The summed E-state index contributed by atoms with van der Waals surface area (Å²) < 4.78 is 0. The van der Waals surface area contributed by atoms with Crippen LogP contribution in [-0.4, -0.2) is 11.0 Å². The number of nitrogens with one attached hydrogen (secondary N) is 2. The number of carbonyl (C=O) groups is 1. The fraction of sp³-hybridized carbons (Fsp3) is 0.250. The smallest absolute Gasteiger partial charge is 0.316 e. The lowest BCUT2D eigenvalue weighted by atomic mass is 10.1. The van der Waals surface area contributed by atoms with E-state index in [4.69, 9.17) is 5.73 Å². The second-order valence-corrected chi connectivity index (χ2v) is 4.98. The maximum absolute atomic E-state index is 10.8. The summed E-state index contributed by atoms with van der Waals surface area (Å²) in [6.45, 7) is 4.18. The van der Waals surface area contributed by atoms with Gasteiger partial charge in [-0.2, -0.15) is 0 Å². The van der Waals surface area contributed by atoms with Crippen LogP contribution in [0.15, 0.2) is 48.7 Å². The number of rotatable bonds is 5. The van der Waals surface area contributed by atoms with Gasteiger partial charge in [-0.15, -0.1) is 0 Å². The molecule has 5 heteroatoms. The molecule has 0 radical (unpaired) electrons. The maximum Gasteiger partial charge on any atom is 0.316 e. The van der Waals surface area contributed by atoms with Crippen molar-refractivity contribution in [1.29, 1.82) is 0 Å². The van der Waals surface area contributed by atoms with Crippen LogP contribution >= 0.6 is 0 Å². The lowest BCUT2D eigenvalue weighted by Gasteiger charge is -2.20. The van der Waals surface area contributed by atoms with Crippen LogP contribution < -0.4 is 16.4 Å². The van der Waals surface area contributed by atoms with Gasteiger partial charge < -0.3 is 16.4 Å². The van der Waals surface area contributed by atoms with Crippen molar-refractivity contribution in [3.63, 3.8) is 0 Å². The zero-order valence-electron chi connectivity index (χ0n) is 12.2. The molecule has 1 aromatic carbocycles. The first kappa shape index (κ1) is 15.0. The monoisotopic (exact) mass is 284 g/mol. The predicted molar refractivity (Wildman–Crippen MR) is 83.9 cm³/mol. The first-order valence-electron chi connectivity index (χ1n) is 6.89. The van der Waals surface area contributed by atoms with E-state index in [9.17, 15) is 4.79 Å². The summed E-state index contributed by atoms with van der Waals surface area (Å²) in [5, 5.41) is 6.04. The third-order valence-electron chi connectivity index (χ3n) is 3.31. The molecule has 0 spiro atoms. The average molecular weight is 284 g/mol. The number of aromatic nitrogens is 1. The number of anilines is 1. The Kier molecular flexibility index (Phi) is 4.90. The van der Waals surface area contributed by atoms with Crippen molar-refractivity contribution in [2.75, 3.05) is 5.32 Å². The molecule has 0 aliphatic carbocycles. The Bertz CT molecular complexity index is 583. The summed E-state index contributed by atoms with van der Waals surface area (Å²) in [5.74, 6) is 0. The fourth-order valence-corrected chi connectivity index (χ4v) is 2.19. The van der Waals surface area contributed by atoms with Crippen LogP contribution in [-0.2, 0) is 0 Å². The summed E-state index contributed by atoms with van der Waals surface area (Å²) in [7, 11) is 0. The third kappa shape index (κ3) is 4.29. The van der Waals surface area contributed by atoms with E-state index in [1.165, 1.54) is 0 Å². The van der Waals surface area contributed by atoms with Crippen molar-refractivity contribution in [3.8, 4) is 0 Å². The molecule has 2 atom stereocenters. The molecule has 21 heavy (non-hydrogen) atoms. The topological polar surface area (TPSA) is 80.0 Å². The number of amides is 2. The summed E-state index contributed by atoms with van der Waals surface area (Å²) in [6.07, 6.45) is 1.79. The molecule has 4 N–H and O–H groups in total. The Labute approximate surface area is 124 Å².